The number of methoxy groups -OCH3 is 2. The van der Waals surface area contributed by atoms with Crippen LogP contribution in [-0.2, 0) is 16.0 Å². The lowest BCUT2D eigenvalue weighted by atomic mass is 9.99. The molecule has 3 N–H and O–H groups in total. The average Bonchev–Trinajstić information content (AvgIpc) is 3.03. The van der Waals surface area contributed by atoms with Gasteiger partial charge >= 0.3 is 18.1 Å². The van der Waals surface area contributed by atoms with Crippen molar-refractivity contribution in [2.24, 2.45) is 5.73 Å². The van der Waals surface area contributed by atoms with E-state index in [9.17, 15) is 18.0 Å². The summed E-state index contributed by atoms with van der Waals surface area (Å²) in [7, 11) is 3.00. The molecule has 5 aromatic rings. The second-order valence-electron chi connectivity index (χ2n) is 10.0. The number of carbonyl (C=O) groups excluding carboxylic acids is 1. The molecule has 0 spiro atoms. The van der Waals surface area contributed by atoms with Gasteiger partial charge < -0.3 is 25.1 Å². The lowest BCUT2D eigenvalue weighted by Crippen LogP contribution is -2.25. The van der Waals surface area contributed by atoms with Crippen LogP contribution in [0.5, 0.6) is 11.5 Å². The van der Waals surface area contributed by atoms with Gasteiger partial charge in [0.25, 0.3) is 0 Å². The number of carboxylic acids is 1. The Kier molecular flexibility index (Phi) is 10.6. The lowest BCUT2D eigenvalue weighted by Gasteiger charge is -2.16. The molecule has 234 valence electrons. The van der Waals surface area contributed by atoms with Crippen LogP contribution in [0.4, 0.5) is 13.2 Å². The van der Waals surface area contributed by atoms with Crippen molar-refractivity contribution < 1.29 is 42.1 Å². The van der Waals surface area contributed by atoms with E-state index < -0.39 is 18.1 Å². The molecule has 0 saturated carbocycles. The van der Waals surface area contributed by atoms with E-state index >= 15 is 0 Å². The fourth-order valence-electron chi connectivity index (χ4n) is 4.68. The third-order valence-electron chi connectivity index (χ3n) is 6.95. The molecule has 0 aliphatic carbocycles. The van der Waals surface area contributed by atoms with Crippen molar-refractivity contribution in [2.45, 2.75) is 25.1 Å². The van der Waals surface area contributed by atoms with E-state index in [4.69, 9.17) is 29.8 Å². The quantitative estimate of drug-likeness (QED) is 0.172. The molecule has 0 amide bonds. The van der Waals surface area contributed by atoms with Crippen molar-refractivity contribution in [3.05, 3.63) is 102 Å². The molecular formula is C34H31F3N2O6. The zero-order valence-electron chi connectivity index (χ0n) is 24.5. The number of rotatable bonds is 9. The molecule has 0 aliphatic heterocycles. The summed E-state index contributed by atoms with van der Waals surface area (Å²) in [6, 6.07) is 28.0. The van der Waals surface area contributed by atoms with Gasteiger partial charge in [0.05, 0.1) is 31.9 Å². The normalized spacial score (nSPS) is 11.8. The van der Waals surface area contributed by atoms with E-state index in [1.165, 1.54) is 23.4 Å². The van der Waals surface area contributed by atoms with Crippen molar-refractivity contribution in [1.29, 1.82) is 0 Å². The number of aliphatic carboxylic acids is 1. The van der Waals surface area contributed by atoms with Gasteiger partial charge in [0, 0.05) is 29.3 Å². The van der Waals surface area contributed by atoms with E-state index in [2.05, 4.69) is 35.3 Å². The largest absolute Gasteiger partial charge is 0.497 e. The maximum Gasteiger partial charge on any atom is 0.490 e. The van der Waals surface area contributed by atoms with E-state index in [0.717, 1.165) is 22.9 Å². The number of halogens is 3. The predicted molar refractivity (Wildman–Crippen MR) is 165 cm³/mol. The highest BCUT2D eigenvalue weighted by molar-refractivity contribution is 6.04. The highest BCUT2D eigenvalue weighted by Crippen LogP contribution is 2.35. The van der Waals surface area contributed by atoms with Gasteiger partial charge in [0.1, 0.15) is 11.5 Å². The van der Waals surface area contributed by atoms with E-state index in [0.29, 0.717) is 35.6 Å². The molecule has 45 heavy (non-hydrogen) atoms. The van der Waals surface area contributed by atoms with E-state index in [1.54, 1.807) is 19.4 Å². The molecule has 8 nitrogen and oxygen atoms in total. The second-order valence-corrected chi connectivity index (χ2v) is 10.0. The van der Waals surface area contributed by atoms with Crippen LogP contribution in [0.3, 0.4) is 0 Å². The Morgan fingerprint density at radius 1 is 0.933 bits per heavy atom. The van der Waals surface area contributed by atoms with Crippen LogP contribution >= 0.6 is 0 Å². The van der Waals surface area contributed by atoms with Crippen LogP contribution in [0.1, 0.15) is 22.3 Å². The highest BCUT2D eigenvalue weighted by Gasteiger charge is 2.38. The first kappa shape index (κ1) is 32.7. The van der Waals surface area contributed by atoms with Gasteiger partial charge in [0.15, 0.2) is 0 Å². The molecular weight excluding hydrogens is 589 g/mol. The SMILES string of the molecule is COC(=O)c1ccnc2ccc(-c3ccc(OC)cc3OCC[C@H](N)Cc3ccc4ccccc4c3)cc12.O=C(O)C(F)(F)F. The second kappa shape index (κ2) is 14.5. The fraction of sp³-hybridized carbons (Fsp3) is 0.206. The topological polar surface area (TPSA) is 121 Å². The first-order chi connectivity index (χ1) is 21.5. The molecule has 5 rings (SSSR count). The predicted octanol–water partition coefficient (Wildman–Crippen LogP) is 6.82. The number of ether oxygens (including phenoxy) is 3. The maximum absolute atomic E-state index is 12.3. The minimum absolute atomic E-state index is 0.0421. The van der Waals surface area contributed by atoms with Gasteiger partial charge in [-0.3, -0.25) is 4.98 Å². The smallest absolute Gasteiger partial charge is 0.490 e. The number of esters is 1. The number of alkyl halides is 3. The standard InChI is InChI=1S/C32H30N2O4.C2HF3O2/c1-36-26-10-11-27(24-9-12-30-29(19-24)28(13-15-34-30)32(35)37-2)31(20-26)38-16-14-25(33)18-21-7-8-22-5-3-4-6-23(22)17-21;3-2(4,5)1(6)7/h3-13,15,17,19-20,25H,14,16,18,33H2,1-2H3;(H,6,7)/t25-;/m0./s1. The number of nitrogens with zero attached hydrogens (tertiary/aromatic N) is 1. The van der Waals surface area contributed by atoms with Crippen molar-refractivity contribution in [3.63, 3.8) is 0 Å². The molecule has 1 atom stereocenters. The monoisotopic (exact) mass is 620 g/mol. The molecule has 0 radical (unpaired) electrons. The molecule has 1 heterocycles. The molecule has 11 heteroatoms. The number of pyridine rings is 1. The number of hydrogen-bond donors (Lipinski definition) is 2. The van der Waals surface area contributed by atoms with Gasteiger partial charge in [-0.2, -0.15) is 13.2 Å². The zero-order valence-corrected chi connectivity index (χ0v) is 24.5. The number of nitrogens with two attached hydrogens (primary N) is 1. The van der Waals surface area contributed by atoms with Crippen LogP contribution < -0.4 is 15.2 Å². The third kappa shape index (κ3) is 8.48. The Morgan fingerprint density at radius 2 is 1.67 bits per heavy atom. The Hall–Kier alpha value is -5.16. The van der Waals surface area contributed by atoms with Crippen LogP contribution in [0, 0.1) is 0 Å². The Labute approximate surface area is 257 Å². The summed E-state index contributed by atoms with van der Waals surface area (Å²) in [5, 5.41) is 10.3. The minimum Gasteiger partial charge on any atom is -0.497 e. The summed E-state index contributed by atoms with van der Waals surface area (Å²) in [6.45, 7) is 0.456. The Balaban J connectivity index is 0.000000591. The van der Waals surface area contributed by atoms with E-state index in [1.807, 2.05) is 48.5 Å². The molecule has 0 bridgehead atoms. The first-order valence-corrected chi connectivity index (χ1v) is 13.8. The van der Waals surface area contributed by atoms with Gasteiger partial charge in [-0.1, -0.05) is 48.5 Å². The van der Waals surface area contributed by atoms with Crippen LogP contribution in [0.2, 0.25) is 0 Å². The zero-order chi connectivity index (χ0) is 32.6. The Bertz CT molecular complexity index is 1810. The average molecular weight is 621 g/mol. The molecule has 0 aliphatic rings. The Morgan fingerprint density at radius 3 is 2.36 bits per heavy atom. The maximum atomic E-state index is 12.3. The minimum atomic E-state index is -5.08. The summed E-state index contributed by atoms with van der Waals surface area (Å²) < 4.78 is 48.4. The molecule has 1 aromatic heterocycles. The van der Waals surface area contributed by atoms with Crippen molar-refractivity contribution in [1.82, 2.24) is 4.98 Å². The number of fused-ring (bicyclic) bond motifs is 2. The van der Waals surface area contributed by atoms with Crippen molar-refractivity contribution >= 4 is 33.6 Å². The molecule has 0 saturated heterocycles. The number of aromatic nitrogens is 1. The molecule has 0 fully saturated rings. The van der Waals surface area contributed by atoms with Crippen LogP contribution in [-0.4, -0.2) is 55.1 Å². The number of hydrogen-bond acceptors (Lipinski definition) is 7. The van der Waals surface area contributed by atoms with Gasteiger partial charge in [-0.25, -0.2) is 9.59 Å². The van der Waals surface area contributed by atoms with Crippen molar-refractivity contribution in [3.8, 4) is 22.6 Å². The van der Waals surface area contributed by atoms with Crippen LogP contribution in [0.15, 0.2) is 91.1 Å². The summed E-state index contributed by atoms with van der Waals surface area (Å²) in [5.74, 6) is -1.78. The van der Waals surface area contributed by atoms with Crippen LogP contribution in [0.25, 0.3) is 32.8 Å². The number of carboxylic acid groups (broad SMARTS) is 1. The summed E-state index contributed by atoms with van der Waals surface area (Å²) in [5.41, 5.74) is 10.7. The number of benzene rings is 4. The first-order valence-electron chi connectivity index (χ1n) is 13.8. The van der Waals surface area contributed by atoms with Gasteiger partial charge in [-0.05, 0) is 65.1 Å². The van der Waals surface area contributed by atoms with Crippen molar-refractivity contribution in [2.75, 3.05) is 20.8 Å². The molecule has 0 unspecified atom stereocenters. The highest BCUT2D eigenvalue weighted by atomic mass is 19.4. The van der Waals surface area contributed by atoms with Gasteiger partial charge in [0.2, 0.25) is 0 Å². The number of carbonyl (C=O) groups is 2. The summed E-state index contributed by atoms with van der Waals surface area (Å²) >= 11 is 0. The summed E-state index contributed by atoms with van der Waals surface area (Å²) in [6.07, 6.45) is -2.01. The lowest BCUT2D eigenvalue weighted by molar-refractivity contribution is -0.192. The van der Waals surface area contributed by atoms with Gasteiger partial charge in [-0.15, -0.1) is 0 Å². The summed E-state index contributed by atoms with van der Waals surface area (Å²) in [4.78, 5) is 25.6. The van der Waals surface area contributed by atoms with E-state index in [-0.39, 0.29) is 6.04 Å². The fourth-order valence-corrected chi connectivity index (χ4v) is 4.68. The third-order valence-corrected chi connectivity index (χ3v) is 6.95. The molecule has 4 aromatic carbocycles.